The summed E-state index contributed by atoms with van der Waals surface area (Å²) in [5.41, 5.74) is 1.08. The molecule has 30 heavy (non-hydrogen) atoms. The van der Waals surface area contributed by atoms with Gasteiger partial charge in [0.1, 0.15) is 5.82 Å². The highest BCUT2D eigenvalue weighted by molar-refractivity contribution is 7.92. The van der Waals surface area contributed by atoms with Crippen molar-refractivity contribution in [1.29, 1.82) is 0 Å². The molecule has 1 aliphatic heterocycles. The van der Waals surface area contributed by atoms with Crippen LogP contribution in [-0.4, -0.2) is 54.5 Å². The van der Waals surface area contributed by atoms with Crippen molar-refractivity contribution in [3.63, 3.8) is 0 Å². The number of benzene rings is 2. The largest absolute Gasteiger partial charge is 0.481 e. The number of amides is 1. The average molecular weight is 431 g/mol. The summed E-state index contributed by atoms with van der Waals surface area (Å²) in [5, 5.41) is 4.44. The summed E-state index contributed by atoms with van der Waals surface area (Å²) in [4.78, 5) is 14.7. The molecule has 4 rings (SSSR count). The number of carbonyl (C=O) groups is 1. The Bertz CT molecular complexity index is 1200. The van der Waals surface area contributed by atoms with E-state index in [1.165, 1.54) is 12.1 Å². The quantitative estimate of drug-likeness (QED) is 0.594. The summed E-state index contributed by atoms with van der Waals surface area (Å²) in [6.45, 7) is 0.583. The third-order valence-corrected chi connectivity index (χ3v) is 7.66. The first kappa shape index (κ1) is 20.3. The fourth-order valence-electron chi connectivity index (χ4n) is 3.93. The first-order valence-electron chi connectivity index (χ1n) is 9.61. The lowest BCUT2D eigenvalue weighted by Gasteiger charge is -2.32. The number of aromatic nitrogens is 2. The van der Waals surface area contributed by atoms with Gasteiger partial charge in [-0.15, -0.1) is 0 Å². The zero-order chi connectivity index (χ0) is 21.5. The Balaban J connectivity index is 1.58. The highest BCUT2D eigenvalue weighted by atomic mass is 32.2. The predicted molar refractivity (Wildman–Crippen MR) is 110 cm³/mol. The van der Waals surface area contributed by atoms with Gasteiger partial charge in [0.05, 0.1) is 28.2 Å². The molecule has 2 aromatic carbocycles. The number of hydrogen-bond acceptors (Lipinski definition) is 5. The van der Waals surface area contributed by atoms with Gasteiger partial charge in [0.2, 0.25) is 5.88 Å². The Labute approximate surface area is 174 Å². The Morgan fingerprint density at radius 2 is 1.93 bits per heavy atom. The van der Waals surface area contributed by atoms with Gasteiger partial charge in [-0.2, -0.15) is 5.10 Å². The van der Waals surface area contributed by atoms with E-state index in [0.29, 0.717) is 36.3 Å². The van der Waals surface area contributed by atoms with Crippen LogP contribution < -0.4 is 4.74 Å². The number of hydrogen-bond donors (Lipinski definition) is 0. The number of ether oxygens (including phenoxy) is 1. The van der Waals surface area contributed by atoms with Gasteiger partial charge in [-0.1, -0.05) is 0 Å². The second-order valence-corrected chi connectivity index (χ2v) is 9.61. The van der Waals surface area contributed by atoms with E-state index in [0.717, 1.165) is 17.5 Å². The number of carbonyl (C=O) groups excluding carboxylic acids is 1. The molecule has 0 bridgehead atoms. The Morgan fingerprint density at radius 3 is 2.63 bits per heavy atom. The minimum absolute atomic E-state index is 0.0743. The number of nitrogens with zero attached hydrogens (tertiary/aromatic N) is 3. The molecule has 1 aliphatic rings. The lowest BCUT2D eigenvalue weighted by atomic mass is 10.1. The van der Waals surface area contributed by atoms with Gasteiger partial charge >= 0.3 is 0 Å². The molecule has 0 saturated carbocycles. The summed E-state index contributed by atoms with van der Waals surface area (Å²) in [6.07, 6.45) is 1.04. The number of fused-ring (bicyclic) bond motifs is 1. The molecule has 7 nitrogen and oxygen atoms in total. The summed E-state index contributed by atoms with van der Waals surface area (Å²) in [5.74, 6) is -0.121. The van der Waals surface area contributed by atoms with E-state index in [9.17, 15) is 17.6 Å². The third-order valence-electron chi connectivity index (χ3n) is 5.47. The molecule has 9 heteroatoms. The number of likely N-dealkylation sites (tertiary alicyclic amines) is 1. The van der Waals surface area contributed by atoms with Crippen LogP contribution in [-0.2, 0) is 16.9 Å². The van der Waals surface area contributed by atoms with Crippen molar-refractivity contribution in [1.82, 2.24) is 14.7 Å². The molecule has 1 aromatic heterocycles. The van der Waals surface area contributed by atoms with Gasteiger partial charge in [-0.05, 0) is 55.3 Å². The van der Waals surface area contributed by atoms with Crippen LogP contribution in [0.4, 0.5) is 4.39 Å². The Kier molecular flexibility index (Phi) is 5.23. The van der Waals surface area contributed by atoms with Crippen LogP contribution in [0.5, 0.6) is 5.88 Å². The van der Waals surface area contributed by atoms with Crippen LogP contribution in [0, 0.1) is 5.82 Å². The van der Waals surface area contributed by atoms with Gasteiger partial charge in [0, 0.05) is 25.7 Å². The van der Waals surface area contributed by atoms with Crippen LogP contribution >= 0.6 is 0 Å². The molecule has 0 radical (unpaired) electrons. The lowest BCUT2D eigenvalue weighted by molar-refractivity contribution is 0.0727. The van der Waals surface area contributed by atoms with Crippen molar-refractivity contribution in [2.24, 2.45) is 7.05 Å². The highest BCUT2D eigenvalue weighted by Gasteiger charge is 2.34. The number of halogens is 1. The minimum atomic E-state index is -3.66. The van der Waals surface area contributed by atoms with Crippen molar-refractivity contribution in [3.8, 4) is 5.88 Å². The third kappa shape index (κ3) is 3.54. The average Bonchev–Trinajstić information content (AvgIpc) is 3.07. The van der Waals surface area contributed by atoms with Gasteiger partial charge < -0.3 is 9.64 Å². The fourth-order valence-corrected chi connectivity index (χ4v) is 5.68. The second-order valence-electron chi connectivity index (χ2n) is 7.38. The molecule has 2 heterocycles. The summed E-state index contributed by atoms with van der Waals surface area (Å²) >= 11 is 0. The molecule has 1 saturated heterocycles. The van der Waals surface area contributed by atoms with Crippen LogP contribution in [0.3, 0.4) is 0 Å². The molecule has 0 N–H and O–H groups in total. The maximum Gasteiger partial charge on any atom is 0.253 e. The van der Waals surface area contributed by atoms with Gasteiger partial charge in [-0.3, -0.25) is 4.79 Å². The molecule has 158 valence electrons. The number of rotatable bonds is 4. The van der Waals surface area contributed by atoms with Crippen LogP contribution in [0.2, 0.25) is 0 Å². The van der Waals surface area contributed by atoms with Gasteiger partial charge in [0.25, 0.3) is 5.91 Å². The predicted octanol–water partition coefficient (Wildman–Crippen LogP) is 2.80. The first-order valence-corrected chi connectivity index (χ1v) is 11.2. The van der Waals surface area contributed by atoms with E-state index < -0.39 is 20.9 Å². The highest BCUT2D eigenvalue weighted by Crippen LogP contribution is 2.28. The topological polar surface area (TPSA) is 81.5 Å². The molecule has 3 aromatic rings. The SMILES string of the molecule is COc1c2ccc(C(=O)N3CCCC(S(=O)(=O)c4ccc(F)cc4)C3)cc2nn1C. The van der Waals surface area contributed by atoms with E-state index in [2.05, 4.69) is 5.10 Å². The molecule has 1 atom stereocenters. The van der Waals surface area contributed by atoms with E-state index in [1.54, 1.807) is 41.9 Å². The Hall–Kier alpha value is -2.94. The maximum absolute atomic E-state index is 13.2. The summed E-state index contributed by atoms with van der Waals surface area (Å²) in [7, 11) is -0.340. The molecular formula is C21H22FN3O4S. The molecular weight excluding hydrogens is 409 g/mol. The lowest BCUT2D eigenvalue weighted by Crippen LogP contribution is -2.45. The van der Waals surface area contributed by atoms with E-state index in [1.807, 2.05) is 0 Å². The molecule has 1 unspecified atom stereocenters. The number of sulfone groups is 1. The summed E-state index contributed by atoms with van der Waals surface area (Å²) < 4.78 is 46.0. The zero-order valence-electron chi connectivity index (χ0n) is 16.7. The van der Waals surface area contributed by atoms with Crippen molar-refractivity contribution in [3.05, 3.63) is 53.8 Å². The van der Waals surface area contributed by atoms with E-state index >= 15 is 0 Å². The Morgan fingerprint density at radius 1 is 1.20 bits per heavy atom. The molecule has 1 amide bonds. The number of methoxy groups -OCH3 is 1. The van der Waals surface area contributed by atoms with Crippen molar-refractivity contribution >= 4 is 26.6 Å². The maximum atomic E-state index is 13.2. The summed E-state index contributed by atoms with van der Waals surface area (Å²) in [6, 6.07) is 9.99. The van der Waals surface area contributed by atoms with Crippen LogP contribution in [0.1, 0.15) is 23.2 Å². The fraction of sp³-hybridized carbons (Fsp3) is 0.333. The molecule has 1 fully saturated rings. The monoisotopic (exact) mass is 431 g/mol. The van der Waals surface area contributed by atoms with Crippen molar-refractivity contribution in [2.45, 2.75) is 23.0 Å². The first-order chi connectivity index (χ1) is 14.3. The van der Waals surface area contributed by atoms with E-state index in [-0.39, 0.29) is 17.3 Å². The second kappa shape index (κ2) is 7.71. The van der Waals surface area contributed by atoms with Gasteiger partial charge in [0.15, 0.2) is 9.84 Å². The number of aryl methyl sites for hydroxylation is 1. The van der Waals surface area contributed by atoms with Crippen molar-refractivity contribution < 1.29 is 22.3 Å². The van der Waals surface area contributed by atoms with Crippen LogP contribution in [0.15, 0.2) is 47.4 Å². The smallest absolute Gasteiger partial charge is 0.253 e. The zero-order valence-corrected chi connectivity index (χ0v) is 17.5. The molecule has 0 aliphatic carbocycles. The normalized spacial score (nSPS) is 17.3. The van der Waals surface area contributed by atoms with Crippen LogP contribution in [0.25, 0.3) is 10.9 Å². The number of piperidine rings is 1. The van der Waals surface area contributed by atoms with Crippen molar-refractivity contribution in [2.75, 3.05) is 20.2 Å². The van der Waals surface area contributed by atoms with Gasteiger partial charge in [-0.25, -0.2) is 17.5 Å². The van der Waals surface area contributed by atoms with E-state index in [4.69, 9.17) is 4.74 Å². The minimum Gasteiger partial charge on any atom is -0.481 e. The standard InChI is InChI=1S/C21H22FN3O4S/c1-24-21(29-2)18-10-5-14(12-19(18)23-24)20(26)25-11-3-4-17(13-25)30(27,28)16-8-6-15(22)7-9-16/h5-10,12,17H,3-4,11,13H2,1-2H3. The molecule has 0 spiro atoms.